The summed E-state index contributed by atoms with van der Waals surface area (Å²) < 4.78 is 44.4. The van der Waals surface area contributed by atoms with Crippen LogP contribution in [0.3, 0.4) is 0 Å². The number of nitrogens with one attached hydrogen (secondary N) is 1. The molecule has 0 unspecified atom stereocenters. The van der Waals surface area contributed by atoms with E-state index in [2.05, 4.69) is 9.71 Å². The van der Waals surface area contributed by atoms with Crippen molar-refractivity contribution >= 4 is 38.5 Å². The number of hydrogen-bond donors (Lipinski definition) is 1. The Kier molecular flexibility index (Phi) is 5.69. The lowest BCUT2D eigenvalue weighted by atomic mass is 10.2. The van der Waals surface area contributed by atoms with Crippen molar-refractivity contribution in [2.45, 2.75) is 11.5 Å². The van der Waals surface area contributed by atoms with E-state index in [4.69, 9.17) is 16.3 Å². The second kappa shape index (κ2) is 7.99. The molecule has 0 spiro atoms. The number of rotatable bonds is 6. The van der Waals surface area contributed by atoms with Gasteiger partial charge in [-0.2, -0.15) is 4.72 Å². The fraction of sp³-hybridized carbons (Fsp3) is 0.111. The van der Waals surface area contributed by atoms with Crippen molar-refractivity contribution < 1.29 is 22.3 Å². The molecule has 3 aromatic rings. The Morgan fingerprint density at radius 2 is 1.93 bits per heavy atom. The molecule has 0 saturated heterocycles. The number of carbonyl (C=O) groups excluding carboxylic acids is 1. The van der Waals surface area contributed by atoms with Crippen molar-refractivity contribution in [1.29, 1.82) is 0 Å². The molecule has 1 N–H and O–H groups in total. The van der Waals surface area contributed by atoms with E-state index in [-0.39, 0.29) is 16.7 Å². The summed E-state index contributed by atoms with van der Waals surface area (Å²) in [4.78, 5) is 15.8. The third-order valence-corrected chi connectivity index (χ3v) is 5.38. The summed E-state index contributed by atoms with van der Waals surface area (Å²) in [5, 5.41) is 1.03. The number of para-hydroxylation sites is 1. The molecular formula is C18H14ClFN2O4S. The van der Waals surface area contributed by atoms with Gasteiger partial charge in [-0.1, -0.05) is 35.9 Å². The highest BCUT2D eigenvalue weighted by Gasteiger charge is 2.17. The van der Waals surface area contributed by atoms with E-state index < -0.39 is 28.4 Å². The lowest BCUT2D eigenvalue weighted by Gasteiger charge is -2.09. The third kappa shape index (κ3) is 4.79. The van der Waals surface area contributed by atoms with Crippen molar-refractivity contribution in [3.63, 3.8) is 0 Å². The van der Waals surface area contributed by atoms with E-state index in [0.717, 1.165) is 17.5 Å². The smallest absolute Gasteiger partial charge is 0.321 e. The summed E-state index contributed by atoms with van der Waals surface area (Å²) in [6.07, 6.45) is 0. The van der Waals surface area contributed by atoms with Crippen LogP contribution in [0.5, 0.6) is 0 Å². The topological polar surface area (TPSA) is 85.4 Å². The summed E-state index contributed by atoms with van der Waals surface area (Å²) in [6, 6.07) is 13.5. The van der Waals surface area contributed by atoms with Gasteiger partial charge in [0.2, 0.25) is 10.0 Å². The van der Waals surface area contributed by atoms with E-state index in [1.54, 1.807) is 12.1 Å². The monoisotopic (exact) mass is 408 g/mol. The maximum atomic E-state index is 13.2. The van der Waals surface area contributed by atoms with Crippen LogP contribution in [-0.4, -0.2) is 25.9 Å². The van der Waals surface area contributed by atoms with Crippen molar-refractivity contribution in [2.24, 2.45) is 0 Å². The molecule has 0 amide bonds. The molecule has 3 rings (SSSR count). The van der Waals surface area contributed by atoms with E-state index in [1.807, 2.05) is 18.2 Å². The lowest BCUT2D eigenvalue weighted by Crippen LogP contribution is -2.30. The first-order chi connectivity index (χ1) is 12.8. The number of sulfonamides is 1. The molecule has 0 atom stereocenters. The summed E-state index contributed by atoms with van der Waals surface area (Å²) in [5.41, 5.74) is 1.21. The molecule has 1 aromatic heterocycles. The largest absolute Gasteiger partial charge is 0.460 e. The third-order valence-electron chi connectivity index (χ3n) is 3.65. The summed E-state index contributed by atoms with van der Waals surface area (Å²) >= 11 is 6.08. The molecule has 0 bridgehead atoms. The van der Waals surface area contributed by atoms with Gasteiger partial charge in [-0.05, 0) is 30.3 Å². The van der Waals surface area contributed by atoms with Gasteiger partial charge < -0.3 is 4.74 Å². The number of pyridine rings is 1. The minimum atomic E-state index is -4.03. The van der Waals surface area contributed by atoms with Gasteiger partial charge in [0.1, 0.15) is 24.1 Å². The predicted octanol–water partition coefficient (Wildman–Crippen LogP) is 3.05. The molecule has 0 radical (unpaired) electrons. The second-order valence-electron chi connectivity index (χ2n) is 5.57. The number of halogens is 2. The highest BCUT2D eigenvalue weighted by molar-refractivity contribution is 7.89. The molecule has 0 aliphatic carbocycles. The van der Waals surface area contributed by atoms with Crippen molar-refractivity contribution in [1.82, 2.24) is 9.71 Å². The highest BCUT2D eigenvalue weighted by atomic mass is 35.5. The Morgan fingerprint density at radius 1 is 1.15 bits per heavy atom. The predicted molar refractivity (Wildman–Crippen MR) is 98.1 cm³/mol. The molecule has 0 aliphatic heterocycles. The van der Waals surface area contributed by atoms with Crippen LogP contribution in [-0.2, 0) is 26.2 Å². The molecule has 1 heterocycles. The second-order valence-corrected chi connectivity index (χ2v) is 7.70. The standard InChI is InChI=1S/C18H14ClFN2O4S/c19-18-13(8-12-4-1-2-7-16(12)22-18)11-26-17(23)10-21-27(24,25)15-6-3-5-14(20)9-15/h1-9,21H,10-11H2. The SMILES string of the molecule is O=C(CNS(=O)(=O)c1cccc(F)c1)OCc1cc2ccccc2nc1Cl. The van der Waals surface area contributed by atoms with Crippen LogP contribution < -0.4 is 4.72 Å². The summed E-state index contributed by atoms with van der Waals surface area (Å²) in [7, 11) is -4.03. The lowest BCUT2D eigenvalue weighted by molar-refractivity contribution is -0.143. The fourth-order valence-electron chi connectivity index (χ4n) is 2.32. The molecule has 0 fully saturated rings. The molecule has 9 heteroatoms. The molecular weight excluding hydrogens is 395 g/mol. The van der Waals surface area contributed by atoms with Crippen molar-refractivity contribution in [3.05, 3.63) is 71.1 Å². The van der Waals surface area contributed by atoms with Crippen molar-refractivity contribution in [3.8, 4) is 0 Å². The number of benzene rings is 2. The minimum Gasteiger partial charge on any atom is -0.460 e. The van der Waals surface area contributed by atoms with Gasteiger partial charge in [-0.3, -0.25) is 4.79 Å². The molecule has 2 aromatic carbocycles. The molecule has 0 aliphatic rings. The molecule has 27 heavy (non-hydrogen) atoms. The number of hydrogen-bond acceptors (Lipinski definition) is 5. The van der Waals surface area contributed by atoms with Gasteiger partial charge in [-0.25, -0.2) is 17.8 Å². The van der Waals surface area contributed by atoms with Crippen LogP contribution in [0.4, 0.5) is 4.39 Å². The van der Waals surface area contributed by atoms with Gasteiger partial charge in [0.05, 0.1) is 10.4 Å². The normalized spacial score (nSPS) is 11.5. The Labute approximate surface area is 160 Å². The first-order valence-electron chi connectivity index (χ1n) is 7.80. The maximum Gasteiger partial charge on any atom is 0.321 e. The zero-order valence-corrected chi connectivity index (χ0v) is 15.4. The van der Waals surface area contributed by atoms with Gasteiger partial charge in [0.15, 0.2) is 0 Å². The zero-order valence-electron chi connectivity index (χ0n) is 13.9. The number of nitrogens with zero attached hydrogens (tertiary/aromatic N) is 1. The van der Waals surface area contributed by atoms with E-state index >= 15 is 0 Å². The van der Waals surface area contributed by atoms with E-state index in [9.17, 15) is 17.6 Å². The Balaban J connectivity index is 1.61. The zero-order chi connectivity index (χ0) is 19.4. The Morgan fingerprint density at radius 3 is 2.70 bits per heavy atom. The number of carbonyl (C=O) groups is 1. The quantitative estimate of drug-likeness (QED) is 0.500. The molecule has 6 nitrogen and oxygen atoms in total. The van der Waals surface area contributed by atoms with Crippen LogP contribution in [0.1, 0.15) is 5.56 Å². The van der Waals surface area contributed by atoms with Crippen molar-refractivity contribution in [2.75, 3.05) is 6.54 Å². The fourth-order valence-corrected chi connectivity index (χ4v) is 3.52. The summed E-state index contributed by atoms with van der Waals surface area (Å²) in [5.74, 6) is -1.50. The summed E-state index contributed by atoms with van der Waals surface area (Å²) in [6.45, 7) is -0.755. The van der Waals surface area contributed by atoms with Gasteiger partial charge in [0.25, 0.3) is 0 Å². The Hall–Kier alpha value is -2.55. The van der Waals surface area contributed by atoms with Gasteiger partial charge in [-0.15, -0.1) is 0 Å². The van der Waals surface area contributed by atoms with Crippen LogP contribution >= 0.6 is 11.6 Å². The first-order valence-corrected chi connectivity index (χ1v) is 9.66. The molecule has 140 valence electrons. The number of esters is 1. The number of ether oxygens (including phenoxy) is 1. The van der Waals surface area contributed by atoms with E-state index in [0.29, 0.717) is 11.1 Å². The highest BCUT2D eigenvalue weighted by Crippen LogP contribution is 2.21. The van der Waals surface area contributed by atoms with Crippen LogP contribution in [0.15, 0.2) is 59.5 Å². The van der Waals surface area contributed by atoms with Gasteiger partial charge >= 0.3 is 5.97 Å². The van der Waals surface area contributed by atoms with Crippen LogP contribution in [0, 0.1) is 5.82 Å². The molecule has 0 saturated carbocycles. The number of aromatic nitrogens is 1. The van der Waals surface area contributed by atoms with Gasteiger partial charge in [0, 0.05) is 10.9 Å². The van der Waals surface area contributed by atoms with E-state index in [1.165, 1.54) is 12.1 Å². The minimum absolute atomic E-state index is 0.156. The van der Waals surface area contributed by atoms with Crippen LogP contribution in [0.25, 0.3) is 10.9 Å². The maximum absolute atomic E-state index is 13.2. The number of fused-ring (bicyclic) bond motifs is 1. The first kappa shape index (κ1) is 19.2. The van der Waals surface area contributed by atoms with Crippen LogP contribution in [0.2, 0.25) is 5.15 Å². The average molecular weight is 409 g/mol. The Bertz CT molecular complexity index is 1110. The average Bonchev–Trinajstić information content (AvgIpc) is 2.65.